The Kier molecular flexibility index (Phi) is 4.03. The molecule has 0 radical (unpaired) electrons. The second-order valence-electron chi connectivity index (χ2n) is 5.17. The Morgan fingerprint density at radius 1 is 1.19 bits per heavy atom. The molecule has 0 heterocycles. The van der Waals surface area contributed by atoms with Gasteiger partial charge in [-0.25, -0.2) is 8.78 Å². The van der Waals surface area contributed by atoms with E-state index >= 15 is 0 Å². The molecular formula is C13H18F2O. The molecular weight excluding hydrogens is 210 g/mol. The van der Waals surface area contributed by atoms with Crippen LogP contribution in [0.4, 0.5) is 8.78 Å². The minimum atomic E-state index is -0.553. The van der Waals surface area contributed by atoms with Gasteiger partial charge in [-0.05, 0) is 42.9 Å². The number of aliphatic hydroxyl groups excluding tert-OH is 1. The summed E-state index contributed by atoms with van der Waals surface area (Å²) in [5.74, 6) is -1.11. The fourth-order valence-electron chi connectivity index (χ4n) is 2.14. The van der Waals surface area contributed by atoms with Crippen LogP contribution in [0.3, 0.4) is 0 Å². The van der Waals surface area contributed by atoms with Gasteiger partial charge in [0.05, 0.1) is 6.10 Å². The van der Waals surface area contributed by atoms with Gasteiger partial charge in [0.15, 0.2) is 0 Å². The summed E-state index contributed by atoms with van der Waals surface area (Å²) in [6, 6.07) is 3.55. The van der Waals surface area contributed by atoms with E-state index in [-0.39, 0.29) is 5.41 Å². The number of rotatable bonds is 4. The fraction of sp³-hybridized carbons (Fsp3) is 0.538. The van der Waals surface area contributed by atoms with Crippen LogP contribution in [-0.2, 0) is 6.42 Å². The third kappa shape index (κ3) is 4.27. The van der Waals surface area contributed by atoms with Crippen molar-refractivity contribution < 1.29 is 13.9 Å². The van der Waals surface area contributed by atoms with E-state index in [0.717, 1.165) is 6.07 Å². The quantitative estimate of drug-likeness (QED) is 0.838. The number of aliphatic hydroxyl groups is 1. The summed E-state index contributed by atoms with van der Waals surface area (Å²) in [7, 11) is 0. The maximum atomic E-state index is 13.0. The Morgan fingerprint density at radius 3 is 2.12 bits per heavy atom. The summed E-state index contributed by atoms with van der Waals surface area (Å²) in [5.41, 5.74) is 0.456. The van der Waals surface area contributed by atoms with Gasteiger partial charge in [-0.15, -0.1) is 0 Å². The lowest BCUT2D eigenvalue weighted by atomic mass is 9.81. The van der Waals surface area contributed by atoms with Crippen LogP contribution < -0.4 is 0 Å². The molecule has 1 aromatic rings. The maximum absolute atomic E-state index is 13.0. The first-order valence-corrected chi connectivity index (χ1v) is 5.41. The zero-order valence-electron chi connectivity index (χ0n) is 9.93. The van der Waals surface area contributed by atoms with Gasteiger partial charge in [0.2, 0.25) is 0 Å². The molecule has 1 atom stereocenters. The average molecular weight is 228 g/mol. The molecule has 1 aromatic carbocycles. The maximum Gasteiger partial charge on any atom is 0.126 e. The minimum Gasteiger partial charge on any atom is -0.393 e. The summed E-state index contributed by atoms with van der Waals surface area (Å²) in [5, 5.41) is 9.33. The minimum absolute atomic E-state index is 0.172. The molecule has 0 bridgehead atoms. The molecule has 0 fully saturated rings. The molecule has 0 saturated heterocycles. The number of hydrogen-bond acceptors (Lipinski definition) is 1. The standard InChI is InChI=1S/C13H18F2O/c1-9(16)7-13(2,3)8-10-4-11(14)6-12(15)5-10/h4-6,9,16H,7-8H2,1-3H3. The lowest BCUT2D eigenvalue weighted by molar-refractivity contribution is 0.129. The second-order valence-corrected chi connectivity index (χ2v) is 5.17. The largest absolute Gasteiger partial charge is 0.393 e. The summed E-state index contributed by atoms with van der Waals surface area (Å²) in [4.78, 5) is 0. The summed E-state index contributed by atoms with van der Waals surface area (Å²) in [6.07, 6.45) is 0.742. The van der Waals surface area contributed by atoms with Crippen LogP contribution in [0.2, 0.25) is 0 Å². The first-order chi connectivity index (χ1) is 7.28. The van der Waals surface area contributed by atoms with Crippen LogP contribution in [0.15, 0.2) is 18.2 Å². The van der Waals surface area contributed by atoms with Crippen LogP contribution in [0.1, 0.15) is 32.8 Å². The molecule has 0 aromatic heterocycles. The molecule has 0 aliphatic carbocycles. The van der Waals surface area contributed by atoms with Gasteiger partial charge in [-0.2, -0.15) is 0 Å². The normalized spacial score (nSPS) is 13.9. The van der Waals surface area contributed by atoms with E-state index < -0.39 is 17.7 Å². The zero-order chi connectivity index (χ0) is 12.3. The van der Waals surface area contributed by atoms with Gasteiger partial charge in [-0.3, -0.25) is 0 Å². The van der Waals surface area contributed by atoms with E-state index in [1.807, 2.05) is 13.8 Å². The van der Waals surface area contributed by atoms with Gasteiger partial charge < -0.3 is 5.11 Å². The molecule has 0 spiro atoms. The van der Waals surface area contributed by atoms with Crippen LogP contribution >= 0.6 is 0 Å². The predicted octanol–water partition coefficient (Wildman–Crippen LogP) is 3.30. The zero-order valence-corrected chi connectivity index (χ0v) is 9.93. The van der Waals surface area contributed by atoms with Crippen molar-refractivity contribution in [2.24, 2.45) is 5.41 Å². The van der Waals surface area contributed by atoms with E-state index in [2.05, 4.69) is 0 Å². The lowest BCUT2D eigenvalue weighted by Crippen LogP contribution is -2.21. The number of benzene rings is 1. The molecule has 90 valence electrons. The van der Waals surface area contributed by atoms with Crippen LogP contribution in [-0.4, -0.2) is 11.2 Å². The Labute approximate surface area is 95.1 Å². The van der Waals surface area contributed by atoms with Crippen molar-refractivity contribution in [2.75, 3.05) is 0 Å². The van der Waals surface area contributed by atoms with E-state index in [0.29, 0.717) is 18.4 Å². The highest BCUT2D eigenvalue weighted by molar-refractivity contribution is 5.19. The predicted molar refractivity (Wildman–Crippen MR) is 60.1 cm³/mol. The van der Waals surface area contributed by atoms with E-state index in [4.69, 9.17) is 0 Å². The Morgan fingerprint density at radius 2 is 1.69 bits per heavy atom. The monoisotopic (exact) mass is 228 g/mol. The molecule has 16 heavy (non-hydrogen) atoms. The van der Waals surface area contributed by atoms with Gasteiger partial charge >= 0.3 is 0 Å². The Bertz CT molecular complexity index is 339. The van der Waals surface area contributed by atoms with Crippen molar-refractivity contribution in [1.29, 1.82) is 0 Å². The highest BCUT2D eigenvalue weighted by atomic mass is 19.1. The Balaban J connectivity index is 2.79. The molecule has 0 aliphatic heterocycles. The van der Waals surface area contributed by atoms with E-state index in [1.165, 1.54) is 12.1 Å². The average Bonchev–Trinajstić information content (AvgIpc) is 1.95. The van der Waals surface area contributed by atoms with E-state index in [9.17, 15) is 13.9 Å². The van der Waals surface area contributed by atoms with Crippen molar-refractivity contribution in [3.05, 3.63) is 35.4 Å². The first kappa shape index (κ1) is 13.1. The van der Waals surface area contributed by atoms with Crippen molar-refractivity contribution in [2.45, 2.75) is 39.7 Å². The molecule has 0 amide bonds. The van der Waals surface area contributed by atoms with Crippen molar-refractivity contribution in [1.82, 2.24) is 0 Å². The smallest absolute Gasteiger partial charge is 0.126 e. The van der Waals surface area contributed by atoms with Crippen LogP contribution in [0.25, 0.3) is 0 Å². The van der Waals surface area contributed by atoms with Crippen LogP contribution in [0.5, 0.6) is 0 Å². The van der Waals surface area contributed by atoms with Gasteiger partial charge in [0.25, 0.3) is 0 Å². The van der Waals surface area contributed by atoms with Gasteiger partial charge in [-0.1, -0.05) is 13.8 Å². The lowest BCUT2D eigenvalue weighted by Gasteiger charge is -2.26. The van der Waals surface area contributed by atoms with Crippen LogP contribution in [0, 0.1) is 17.0 Å². The highest BCUT2D eigenvalue weighted by Gasteiger charge is 2.21. The highest BCUT2D eigenvalue weighted by Crippen LogP contribution is 2.28. The van der Waals surface area contributed by atoms with E-state index in [1.54, 1.807) is 6.92 Å². The molecule has 1 unspecified atom stereocenters. The Hall–Kier alpha value is -0.960. The van der Waals surface area contributed by atoms with Crippen molar-refractivity contribution in [3.8, 4) is 0 Å². The SMILES string of the molecule is CC(O)CC(C)(C)Cc1cc(F)cc(F)c1. The van der Waals surface area contributed by atoms with Gasteiger partial charge in [0, 0.05) is 6.07 Å². The molecule has 1 rings (SSSR count). The fourth-order valence-corrected chi connectivity index (χ4v) is 2.14. The molecule has 0 aliphatic rings. The third-order valence-electron chi connectivity index (χ3n) is 2.45. The number of hydrogen-bond donors (Lipinski definition) is 1. The molecule has 0 saturated carbocycles. The molecule has 3 heteroatoms. The third-order valence-corrected chi connectivity index (χ3v) is 2.45. The topological polar surface area (TPSA) is 20.2 Å². The molecule has 1 N–H and O–H groups in total. The second kappa shape index (κ2) is 4.91. The molecule has 1 nitrogen and oxygen atoms in total. The first-order valence-electron chi connectivity index (χ1n) is 5.41. The summed E-state index contributed by atoms with van der Waals surface area (Å²) in [6.45, 7) is 5.67. The van der Waals surface area contributed by atoms with Gasteiger partial charge in [0.1, 0.15) is 11.6 Å². The summed E-state index contributed by atoms with van der Waals surface area (Å²) >= 11 is 0. The number of halogens is 2. The summed E-state index contributed by atoms with van der Waals surface area (Å²) < 4.78 is 26.0. The van der Waals surface area contributed by atoms with Crippen molar-refractivity contribution in [3.63, 3.8) is 0 Å². The van der Waals surface area contributed by atoms with Crippen molar-refractivity contribution >= 4 is 0 Å².